The number of primary amides is 1. The highest BCUT2D eigenvalue weighted by Gasteiger charge is 2.24. The molecule has 6 nitrogen and oxygen atoms in total. The van der Waals surface area contributed by atoms with E-state index in [1.54, 1.807) is 24.3 Å². The van der Waals surface area contributed by atoms with Gasteiger partial charge in [-0.3, -0.25) is 4.79 Å². The van der Waals surface area contributed by atoms with Crippen molar-refractivity contribution in [1.82, 2.24) is 9.97 Å². The molecule has 0 bridgehead atoms. The Kier molecular flexibility index (Phi) is 4.30. The molecule has 0 aliphatic heterocycles. The van der Waals surface area contributed by atoms with Crippen LogP contribution in [0.15, 0.2) is 40.8 Å². The Morgan fingerprint density at radius 2 is 2.04 bits per heavy atom. The minimum absolute atomic E-state index is 0.174. The quantitative estimate of drug-likeness (QED) is 0.469. The number of hydrogen-bond acceptors (Lipinski definition) is 4. The first-order chi connectivity index (χ1) is 13.3. The number of nitrogens with zero attached hydrogens (tertiary/aromatic N) is 1. The predicted molar refractivity (Wildman–Crippen MR) is 107 cm³/mol. The summed E-state index contributed by atoms with van der Waals surface area (Å²) >= 11 is 0. The molecule has 0 saturated carbocycles. The lowest BCUT2D eigenvalue weighted by atomic mass is 9.98. The summed E-state index contributed by atoms with van der Waals surface area (Å²) in [6, 6.07) is 9.42. The lowest BCUT2D eigenvalue weighted by molar-refractivity contribution is 0.100. The lowest BCUT2D eigenvalue weighted by Gasteiger charge is -2.20. The molecule has 4 N–H and O–H groups in total. The Morgan fingerprint density at radius 3 is 2.75 bits per heavy atom. The van der Waals surface area contributed by atoms with Gasteiger partial charge in [-0.1, -0.05) is 13.8 Å². The Bertz CT molecular complexity index is 1190. The van der Waals surface area contributed by atoms with Crippen LogP contribution in [0.2, 0.25) is 0 Å². The van der Waals surface area contributed by atoms with E-state index in [2.05, 4.69) is 29.1 Å². The summed E-state index contributed by atoms with van der Waals surface area (Å²) in [7, 11) is 0. The minimum atomic E-state index is -0.490. The molecule has 1 amide bonds. The molecule has 7 heteroatoms. The van der Waals surface area contributed by atoms with Crippen LogP contribution in [-0.2, 0) is 0 Å². The van der Waals surface area contributed by atoms with Gasteiger partial charge in [-0.05, 0) is 49.2 Å². The number of halogens is 1. The fourth-order valence-corrected chi connectivity index (χ4v) is 3.42. The number of amides is 1. The molecule has 4 rings (SSSR count). The van der Waals surface area contributed by atoms with Gasteiger partial charge in [0.15, 0.2) is 0 Å². The number of anilines is 1. The van der Waals surface area contributed by atoms with Crippen molar-refractivity contribution in [3.63, 3.8) is 0 Å². The van der Waals surface area contributed by atoms with Crippen LogP contribution in [0.5, 0.6) is 0 Å². The van der Waals surface area contributed by atoms with E-state index in [0.717, 1.165) is 22.2 Å². The Hall–Kier alpha value is -3.35. The smallest absolute Gasteiger partial charge is 0.248 e. The van der Waals surface area contributed by atoms with E-state index < -0.39 is 5.91 Å². The van der Waals surface area contributed by atoms with Crippen LogP contribution in [0.1, 0.15) is 41.6 Å². The van der Waals surface area contributed by atoms with Crippen LogP contribution >= 0.6 is 0 Å². The van der Waals surface area contributed by atoms with Gasteiger partial charge < -0.3 is 20.5 Å². The molecule has 0 spiro atoms. The number of H-pyrrole nitrogens is 1. The van der Waals surface area contributed by atoms with E-state index >= 15 is 0 Å². The largest absolute Gasteiger partial charge is 0.459 e. The van der Waals surface area contributed by atoms with Crippen LogP contribution in [0, 0.1) is 18.7 Å². The molecule has 2 aromatic carbocycles. The van der Waals surface area contributed by atoms with E-state index in [0.29, 0.717) is 22.6 Å². The SMILES string of the molecule is Cc1c([C@H](Nc2nc3ccc(C(N)=O)cc3[nH]2)C(C)C)oc2ccc(F)cc12. The molecular formula is C21H21FN4O2. The predicted octanol–water partition coefficient (Wildman–Crippen LogP) is 4.66. The number of aromatic nitrogens is 2. The van der Waals surface area contributed by atoms with Crippen molar-refractivity contribution in [2.24, 2.45) is 11.7 Å². The average molecular weight is 380 g/mol. The highest BCUT2D eigenvalue weighted by atomic mass is 19.1. The first-order valence-corrected chi connectivity index (χ1v) is 9.08. The first kappa shape index (κ1) is 18.0. The van der Waals surface area contributed by atoms with Crippen molar-refractivity contribution in [2.45, 2.75) is 26.8 Å². The normalized spacial score (nSPS) is 12.8. The van der Waals surface area contributed by atoms with Crippen molar-refractivity contribution >= 4 is 33.9 Å². The van der Waals surface area contributed by atoms with Crippen LogP contribution < -0.4 is 11.1 Å². The molecule has 0 unspecified atom stereocenters. The van der Waals surface area contributed by atoms with E-state index in [9.17, 15) is 9.18 Å². The number of nitrogens with two attached hydrogens (primary N) is 1. The zero-order chi connectivity index (χ0) is 20.0. The Balaban J connectivity index is 1.72. The third kappa shape index (κ3) is 3.09. The molecule has 0 radical (unpaired) electrons. The van der Waals surface area contributed by atoms with Crippen molar-refractivity contribution in [3.8, 4) is 0 Å². The molecule has 0 aliphatic carbocycles. The maximum absolute atomic E-state index is 13.6. The number of aromatic amines is 1. The van der Waals surface area contributed by atoms with E-state index in [1.165, 1.54) is 12.1 Å². The molecular weight excluding hydrogens is 359 g/mol. The molecule has 2 aromatic heterocycles. The second kappa shape index (κ2) is 6.67. The van der Waals surface area contributed by atoms with Crippen molar-refractivity contribution in [2.75, 3.05) is 5.32 Å². The van der Waals surface area contributed by atoms with Gasteiger partial charge in [-0.2, -0.15) is 0 Å². The van der Waals surface area contributed by atoms with Crippen molar-refractivity contribution in [1.29, 1.82) is 0 Å². The van der Waals surface area contributed by atoms with Gasteiger partial charge in [0.05, 0.1) is 17.1 Å². The maximum atomic E-state index is 13.6. The zero-order valence-corrected chi connectivity index (χ0v) is 15.8. The van der Waals surface area contributed by atoms with Crippen LogP contribution in [-0.4, -0.2) is 15.9 Å². The monoisotopic (exact) mass is 380 g/mol. The highest BCUT2D eigenvalue weighted by Crippen LogP contribution is 2.35. The third-order valence-electron chi connectivity index (χ3n) is 4.94. The summed E-state index contributed by atoms with van der Waals surface area (Å²) in [6.07, 6.45) is 0. The number of carbonyl (C=O) groups is 1. The number of fused-ring (bicyclic) bond motifs is 2. The average Bonchev–Trinajstić information content (AvgIpc) is 3.19. The number of aryl methyl sites for hydroxylation is 1. The lowest BCUT2D eigenvalue weighted by Crippen LogP contribution is -2.17. The molecule has 0 fully saturated rings. The van der Waals surface area contributed by atoms with Gasteiger partial charge in [-0.25, -0.2) is 9.37 Å². The number of rotatable bonds is 5. The number of benzene rings is 2. The van der Waals surface area contributed by atoms with Gasteiger partial charge in [0.1, 0.15) is 17.2 Å². The molecule has 4 aromatic rings. The Labute approximate surface area is 160 Å². The number of imidazole rings is 1. The van der Waals surface area contributed by atoms with Gasteiger partial charge in [0.2, 0.25) is 11.9 Å². The topological polar surface area (TPSA) is 96.9 Å². The third-order valence-corrected chi connectivity index (χ3v) is 4.94. The molecule has 2 heterocycles. The molecule has 144 valence electrons. The number of furan rings is 1. The summed E-state index contributed by atoms with van der Waals surface area (Å²) in [4.78, 5) is 19.1. The van der Waals surface area contributed by atoms with Gasteiger partial charge in [0.25, 0.3) is 0 Å². The van der Waals surface area contributed by atoms with E-state index in [4.69, 9.17) is 10.2 Å². The summed E-state index contributed by atoms with van der Waals surface area (Å²) in [6.45, 7) is 6.06. The summed E-state index contributed by atoms with van der Waals surface area (Å²) in [5, 5.41) is 4.14. The first-order valence-electron chi connectivity index (χ1n) is 9.08. The second-order valence-electron chi connectivity index (χ2n) is 7.28. The highest BCUT2D eigenvalue weighted by molar-refractivity contribution is 5.96. The number of hydrogen-bond donors (Lipinski definition) is 3. The second-order valence-corrected chi connectivity index (χ2v) is 7.28. The summed E-state index contributed by atoms with van der Waals surface area (Å²) in [5.41, 5.74) is 8.74. The molecule has 28 heavy (non-hydrogen) atoms. The van der Waals surface area contributed by atoms with E-state index in [1.807, 2.05) is 6.92 Å². The van der Waals surface area contributed by atoms with Crippen molar-refractivity contribution in [3.05, 3.63) is 59.1 Å². The number of carbonyl (C=O) groups excluding carboxylic acids is 1. The van der Waals surface area contributed by atoms with Crippen LogP contribution in [0.4, 0.5) is 10.3 Å². The van der Waals surface area contributed by atoms with Gasteiger partial charge >= 0.3 is 0 Å². The maximum Gasteiger partial charge on any atom is 0.248 e. The Morgan fingerprint density at radius 1 is 1.25 bits per heavy atom. The summed E-state index contributed by atoms with van der Waals surface area (Å²) in [5.74, 6) is 0.699. The fraction of sp³-hybridized carbons (Fsp3) is 0.238. The van der Waals surface area contributed by atoms with Gasteiger partial charge in [-0.15, -0.1) is 0 Å². The zero-order valence-electron chi connectivity index (χ0n) is 15.8. The standard InChI is InChI=1S/C21H21FN4O2/c1-10(2)18(19-11(3)14-9-13(22)5-7-17(14)28-19)26-21-24-15-6-4-12(20(23)27)8-16(15)25-21/h4-10,18H,1-3H3,(H2,23,27)(H2,24,25,26)/t18-/m1/s1. The number of nitrogens with one attached hydrogen (secondary N) is 2. The summed E-state index contributed by atoms with van der Waals surface area (Å²) < 4.78 is 19.7. The molecule has 0 saturated heterocycles. The van der Waals surface area contributed by atoms with Crippen LogP contribution in [0.3, 0.4) is 0 Å². The molecule has 0 aliphatic rings. The van der Waals surface area contributed by atoms with Gasteiger partial charge in [0, 0.05) is 16.5 Å². The van der Waals surface area contributed by atoms with Crippen LogP contribution in [0.25, 0.3) is 22.0 Å². The van der Waals surface area contributed by atoms with E-state index in [-0.39, 0.29) is 17.8 Å². The molecule has 1 atom stereocenters. The fourth-order valence-electron chi connectivity index (χ4n) is 3.42. The minimum Gasteiger partial charge on any atom is -0.459 e. The van der Waals surface area contributed by atoms with Crippen molar-refractivity contribution < 1.29 is 13.6 Å².